The molecule has 0 amide bonds. The van der Waals surface area contributed by atoms with Crippen molar-refractivity contribution in [1.82, 2.24) is 15.0 Å². The van der Waals surface area contributed by atoms with E-state index in [2.05, 4.69) is 21.9 Å². The number of aromatic nitrogens is 3. The molecule has 0 N–H and O–H groups in total. The van der Waals surface area contributed by atoms with Crippen molar-refractivity contribution in [2.45, 2.75) is 50.6 Å². The molecule has 0 atom stereocenters. The Morgan fingerprint density at radius 2 is 1.47 bits per heavy atom. The topological polar surface area (TPSA) is 38.7 Å². The molecule has 1 rings (SSSR count). The maximum atomic E-state index is 5.69. The standard InChI is InChI=1S/C11H17Cl2N3S/c1-2-3-4-5-6-7-8-17-11-15-9(12)14-10(13)16-11/h2-8H2,1H3. The fraction of sp³-hybridized carbons (Fsp3) is 0.727. The van der Waals surface area contributed by atoms with E-state index >= 15 is 0 Å². The molecule has 0 radical (unpaired) electrons. The molecule has 0 fully saturated rings. The lowest BCUT2D eigenvalue weighted by atomic mass is 10.1. The Morgan fingerprint density at radius 1 is 0.882 bits per heavy atom. The summed E-state index contributed by atoms with van der Waals surface area (Å²) < 4.78 is 0. The van der Waals surface area contributed by atoms with E-state index in [1.54, 1.807) is 11.8 Å². The number of thioether (sulfide) groups is 1. The van der Waals surface area contributed by atoms with E-state index < -0.39 is 0 Å². The highest BCUT2D eigenvalue weighted by Crippen LogP contribution is 2.18. The second kappa shape index (κ2) is 8.95. The van der Waals surface area contributed by atoms with E-state index in [1.807, 2.05) is 0 Å². The Bertz CT molecular complexity index is 316. The van der Waals surface area contributed by atoms with Gasteiger partial charge in [-0.1, -0.05) is 50.8 Å². The molecule has 6 heteroatoms. The molecule has 0 bridgehead atoms. The quantitative estimate of drug-likeness (QED) is 0.517. The van der Waals surface area contributed by atoms with Crippen LogP contribution in [0.1, 0.15) is 45.4 Å². The van der Waals surface area contributed by atoms with E-state index in [0.717, 1.165) is 5.75 Å². The predicted octanol–water partition coefficient (Wildman–Crippen LogP) is 4.63. The van der Waals surface area contributed by atoms with Gasteiger partial charge in [-0.3, -0.25) is 0 Å². The third-order valence-corrected chi connectivity index (χ3v) is 3.56. The van der Waals surface area contributed by atoms with Gasteiger partial charge in [0, 0.05) is 5.75 Å². The first-order valence-corrected chi connectivity index (χ1v) is 7.66. The van der Waals surface area contributed by atoms with Crippen LogP contribution in [0.3, 0.4) is 0 Å². The van der Waals surface area contributed by atoms with Gasteiger partial charge in [0.15, 0.2) is 5.16 Å². The minimum absolute atomic E-state index is 0.162. The Kier molecular flexibility index (Phi) is 7.90. The third kappa shape index (κ3) is 7.06. The predicted molar refractivity (Wildman–Crippen MR) is 73.9 cm³/mol. The van der Waals surface area contributed by atoms with Crippen molar-refractivity contribution in [1.29, 1.82) is 0 Å². The molecule has 1 aromatic heterocycles. The molecule has 0 aliphatic carbocycles. The first kappa shape index (κ1) is 15.0. The van der Waals surface area contributed by atoms with Crippen molar-refractivity contribution >= 4 is 35.0 Å². The largest absolute Gasteiger partial charge is 0.227 e. The van der Waals surface area contributed by atoms with Crippen molar-refractivity contribution in [2.24, 2.45) is 0 Å². The number of hydrogen-bond acceptors (Lipinski definition) is 4. The van der Waals surface area contributed by atoms with Crippen LogP contribution >= 0.6 is 35.0 Å². The zero-order valence-electron chi connectivity index (χ0n) is 9.96. The molecule has 0 saturated carbocycles. The normalized spacial score (nSPS) is 10.8. The van der Waals surface area contributed by atoms with Gasteiger partial charge in [0.2, 0.25) is 10.6 Å². The molecule has 1 heterocycles. The van der Waals surface area contributed by atoms with Gasteiger partial charge in [-0.05, 0) is 29.6 Å². The zero-order chi connectivity index (χ0) is 12.5. The van der Waals surface area contributed by atoms with Crippen LogP contribution in [0.25, 0.3) is 0 Å². The highest BCUT2D eigenvalue weighted by atomic mass is 35.5. The Balaban J connectivity index is 2.13. The first-order valence-electron chi connectivity index (χ1n) is 5.92. The van der Waals surface area contributed by atoms with Crippen molar-refractivity contribution in [2.75, 3.05) is 5.75 Å². The Morgan fingerprint density at radius 3 is 2.12 bits per heavy atom. The van der Waals surface area contributed by atoms with Crippen LogP contribution in [0, 0.1) is 0 Å². The van der Waals surface area contributed by atoms with Gasteiger partial charge in [0.1, 0.15) is 0 Å². The molecule has 3 nitrogen and oxygen atoms in total. The molecule has 17 heavy (non-hydrogen) atoms. The molecule has 0 aliphatic heterocycles. The summed E-state index contributed by atoms with van der Waals surface area (Å²) in [4.78, 5) is 11.7. The molecular weight excluding hydrogens is 277 g/mol. The summed E-state index contributed by atoms with van der Waals surface area (Å²) in [6.45, 7) is 2.23. The minimum Gasteiger partial charge on any atom is -0.192 e. The lowest BCUT2D eigenvalue weighted by molar-refractivity contribution is 0.626. The van der Waals surface area contributed by atoms with E-state index in [0.29, 0.717) is 5.16 Å². The summed E-state index contributed by atoms with van der Waals surface area (Å²) in [5, 5.41) is 0.939. The van der Waals surface area contributed by atoms with Gasteiger partial charge in [0.05, 0.1) is 0 Å². The maximum absolute atomic E-state index is 5.69. The van der Waals surface area contributed by atoms with Crippen LogP contribution < -0.4 is 0 Å². The summed E-state index contributed by atoms with van der Waals surface area (Å²) >= 11 is 13.0. The van der Waals surface area contributed by atoms with Gasteiger partial charge < -0.3 is 0 Å². The monoisotopic (exact) mass is 293 g/mol. The van der Waals surface area contributed by atoms with Crippen molar-refractivity contribution in [3.8, 4) is 0 Å². The molecular formula is C11H17Cl2N3S. The lowest BCUT2D eigenvalue weighted by Crippen LogP contribution is -1.93. The number of hydrogen-bond donors (Lipinski definition) is 0. The van der Waals surface area contributed by atoms with Crippen LogP contribution in [0.4, 0.5) is 0 Å². The second-order valence-corrected chi connectivity index (χ2v) is 5.51. The summed E-state index contributed by atoms with van der Waals surface area (Å²) in [5.74, 6) is 1.00. The molecule has 0 unspecified atom stereocenters. The fourth-order valence-electron chi connectivity index (χ4n) is 1.42. The third-order valence-electron chi connectivity index (χ3n) is 2.29. The molecule has 0 saturated heterocycles. The Hall–Kier alpha value is -0.0600. The average Bonchev–Trinajstić information content (AvgIpc) is 2.26. The second-order valence-electron chi connectivity index (χ2n) is 3.77. The fourth-order valence-corrected chi connectivity index (χ4v) is 2.72. The highest BCUT2D eigenvalue weighted by Gasteiger charge is 2.03. The van der Waals surface area contributed by atoms with Crippen LogP contribution in [0.5, 0.6) is 0 Å². The van der Waals surface area contributed by atoms with E-state index in [4.69, 9.17) is 23.2 Å². The Labute approximate surface area is 117 Å². The van der Waals surface area contributed by atoms with Gasteiger partial charge in [-0.15, -0.1) is 0 Å². The maximum Gasteiger partial charge on any atom is 0.227 e. The van der Waals surface area contributed by atoms with Crippen molar-refractivity contribution in [3.63, 3.8) is 0 Å². The number of halogens is 2. The molecule has 0 aromatic carbocycles. The summed E-state index contributed by atoms with van der Waals surface area (Å²) in [6.07, 6.45) is 7.72. The van der Waals surface area contributed by atoms with Crippen LogP contribution in [-0.4, -0.2) is 20.7 Å². The summed E-state index contributed by atoms with van der Waals surface area (Å²) in [6, 6.07) is 0. The van der Waals surface area contributed by atoms with E-state index in [1.165, 1.54) is 38.5 Å². The van der Waals surface area contributed by atoms with Gasteiger partial charge in [0.25, 0.3) is 0 Å². The van der Waals surface area contributed by atoms with Gasteiger partial charge in [-0.2, -0.15) is 15.0 Å². The summed E-state index contributed by atoms with van der Waals surface area (Å²) in [5.41, 5.74) is 0. The number of nitrogens with zero attached hydrogens (tertiary/aromatic N) is 3. The SMILES string of the molecule is CCCCCCCCSc1nc(Cl)nc(Cl)n1. The molecule has 0 spiro atoms. The number of rotatable bonds is 8. The van der Waals surface area contributed by atoms with Gasteiger partial charge >= 0.3 is 0 Å². The first-order chi connectivity index (χ1) is 8.22. The molecule has 0 aliphatic rings. The minimum atomic E-state index is 0.162. The molecule has 1 aromatic rings. The van der Waals surface area contributed by atoms with Crippen LogP contribution in [-0.2, 0) is 0 Å². The van der Waals surface area contributed by atoms with E-state index in [9.17, 15) is 0 Å². The van der Waals surface area contributed by atoms with Crippen LogP contribution in [0.2, 0.25) is 10.6 Å². The number of unbranched alkanes of at least 4 members (excludes halogenated alkanes) is 5. The lowest BCUT2D eigenvalue weighted by Gasteiger charge is -2.01. The van der Waals surface area contributed by atoms with Crippen molar-refractivity contribution in [3.05, 3.63) is 10.6 Å². The van der Waals surface area contributed by atoms with Crippen molar-refractivity contribution < 1.29 is 0 Å². The van der Waals surface area contributed by atoms with Gasteiger partial charge in [-0.25, -0.2) is 0 Å². The zero-order valence-corrected chi connectivity index (χ0v) is 12.3. The van der Waals surface area contributed by atoms with Crippen LogP contribution in [0.15, 0.2) is 5.16 Å². The smallest absolute Gasteiger partial charge is 0.192 e. The summed E-state index contributed by atoms with van der Waals surface area (Å²) in [7, 11) is 0. The van der Waals surface area contributed by atoms with E-state index in [-0.39, 0.29) is 10.6 Å². The highest BCUT2D eigenvalue weighted by molar-refractivity contribution is 7.99. The average molecular weight is 294 g/mol. The molecule has 96 valence electrons.